The zero-order valence-corrected chi connectivity index (χ0v) is 21.3. The number of thiophene rings is 1. The third-order valence-corrected chi connectivity index (χ3v) is 8.56. The average molecular weight is 574 g/mol. The number of nitrogens with one attached hydrogen (secondary N) is 2. The summed E-state index contributed by atoms with van der Waals surface area (Å²) in [6.07, 6.45) is 3.10. The third-order valence-electron chi connectivity index (χ3n) is 6.32. The number of pyridine rings is 1. The van der Waals surface area contributed by atoms with Gasteiger partial charge in [0, 0.05) is 25.3 Å². The highest BCUT2D eigenvalue weighted by atomic mass is 32.5. The number of carbonyl (C=O) groups excluding carboxylic acids is 3. The number of urea groups is 1. The first kappa shape index (κ1) is 25.9. The highest BCUT2D eigenvalue weighted by Gasteiger charge is 2.65. The average Bonchev–Trinajstić information content (AvgIpc) is 3.43. The van der Waals surface area contributed by atoms with Crippen LogP contribution in [0.5, 0.6) is 0 Å². The van der Waals surface area contributed by atoms with E-state index >= 15 is 0 Å². The Morgan fingerprint density at radius 2 is 1.95 bits per heavy atom. The van der Waals surface area contributed by atoms with Gasteiger partial charge < -0.3 is 15.5 Å². The Labute approximate surface area is 216 Å². The van der Waals surface area contributed by atoms with Crippen LogP contribution in [0.4, 0.5) is 41.3 Å². The van der Waals surface area contributed by atoms with E-state index in [2.05, 4.69) is 22.2 Å². The molecule has 3 aromatic rings. The van der Waals surface area contributed by atoms with Gasteiger partial charge in [-0.15, -0.1) is 11.3 Å². The van der Waals surface area contributed by atoms with E-state index in [-0.39, 0.29) is 45.5 Å². The van der Waals surface area contributed by atoms with Gasteiger partial charge in [0.2, 0.25) is 5.91 Å². The van der Waals surface area contributed by atoms with Crippen molar-refractivity contribution < 1.29 is 33.8 Å². The quantitative estimate of drug-likeness (QED) is 0.271. The summed E-state index contributed by atoms with van der Waals surface area (Å²) in [5.74, 6) is -0.735. The van der Waals surface area contributed by atoms with E-state index in [1.807, 2.05) is 0 Å². The zero-order valence-electron chi connectivity index (χ0n) is 19.6. The topological polar surface area (TPSA) is 94.6 Å². The molecule has 2 aromatic heterocycles. The van der Waals surface area contributed by atoms with Crippen molar-refractivity contribution in [1.82, 2.24) is 15.2 Å². The number of amides is 4. The fourth-order valence-corrected chi connectivity index (χ4v) is 6.31. The molecule has 1 fully saturated rings. The maximum Gasteiger partial charge on any atom is 0.331 e. The first-order valence-corrected chi connectivity index (χ1v) is 13.9. The van der Waals surface area contributed by atoms with Crippen molar-refractivity contribution in [3.8, 4) is 0 Å². The lowest BCUT2D eigenvalue weighted by Crippen LogP contribution is -2.39. The minimum Gasteiger partial charge on any atom is -0.347 e. The number of carbonyl (C=O) groups is 3. The molecule has 15 heteroatoms. The molecule has 2 aliphatic heterocycles. The second-order valence-electron chi connectivity index (χ2n) is 8.95. The molecule has 202 valence electrons. The van der Waals surface area contributed by atoms with Gasteiger partial charge in [0.05, 0.1) is 22.4 Å². The number of aromatic nitrogens is 1. The summed E-state index contributed by atoms with van der Waals surface area (Å²) in [5, 5.41) is 5.84. The first-order chi connectivity index (χ1) is 17.6. The molecule has 2 aliphatic rings. The molecular weight excluding hydrogens is 553 g/mol. The van der Waals surface area contributed by atoms with Crippen molar-refractivity contribution in [2.75, 3.05) is 23.3 Å². The van der Waals surface area contributed by atoms with Gasteiger partial charge in [-0.25, -0.2) is 9.78 Å². The molecule has 1 atom stereocenters. The van der Waals surface area contributed by atoms with Gasteiger partial charge in [-0.05, 0) is 49.2 Å². The van der Waals surface area contributed by atoms with E-state index in [1.165, 1.54) is 25.3 Å². The predicted molar refractivity (Wildman–Crippen MR) is 136 cm³/mol. The van der Waals surface area contributed by atoms with Gasteiger partial charge >= 0.3 is 16.3 Å². The molecular formula is C23H20F5N5O3S2. The number of hydrogen-bond donors (Lipinski definition) is 2. The van der Waals surface area contributed by atoms with Gasteiger partial charge in [-0.1, -0.05) is 26.0 Å². The number of hydrogen-bond acceptors (Lipinski definition) is 5. The second-order valence-corrected chi connectivity index (χ2v) is 12.4. The standard InChI is InChI=1S/C23H20F5N5O3S2/c1-3-17(34)32-9-7-13(11-32)30-21(35)20-19-18-16(6-8-29-22(18)37-20)33(23(36)31-19)15-5-4-14(10-12(15)2)38(24,25,26,27)28/h3-6,8,10,13H,1,7,9,11H2,2H3,(H,30,35)(H,31,36)/t13-/m1/s1. The molecule has 8 nitrogen and oxygen atoms in total. The highest BCUT2D eigenvalue weighted by Crippen LogP contribution is 3.02. The number of halogens is 5. The van der Waals surface area contributed by atoms with Crippen molar-refractivity contribution in [2.24, 2.45) is 0 Å². The molecule has 38 heavy (non-hydrogen) atoms. The van der Waals surface area contributed by atoms with Crippen molar-refractivity contribution >= 4 is 66.7 Å². The first-order valence-electron chi connectivity index (χ1n) is 11.2. The molecule has 0 unspecified atom stereocenters. The zero-order chi connectivity index (χ0) is 27.7. The number of anilines is 3. The largest absolute Gasteiger partial charge is 0.347 e. The van der Waals surface area contributed by atoms with Crippen LogP contribution in [0.2, 0.25) is 0 Å². The van der Waals surface area contributed by atoms with E-state index in [0.29, 0.717) is 35.8 Å². The van der Waals surface area contributed by atoms with Crippen molar-refractivity contribution in [2.45, 2.75) is 24.3 Å². The fraction of sp³-hybridized carbons (Fsp3) is 0.217. The summed E-state index contributed by atoms with van der Waals surface area (Å²) in [4.78, 5) is 43.5. The molecule has 5 rings (SSSR count). The van der Waals surface area contributed by atoms with E-state index in [4.69, 9.17) is 0 Å². The SMILES string of the molecule is C=CC(=O)N1CC[C@@H](NC(=O)c2sc3nccc4c3c2NC(=O)N4c2ccc(S(F)(F)(F)(F)F)cc2C)C1. The molecule has 4 amide bonds. The van der Waals surface area contributed by atoms with E-state index < -0.39 is 27.1 Å². The van der Waals surface area contributed by atoms with Crippen molar-refractivity contribution in [3.05, 3.63) is 53.6 Å². The summed E-state index contributed by atoms with van der Waals surface area (Å²) in [7, 11) is -9.92. The Hall–Kier alpha value is -3.72. The Bertz CT molecular complexity index is 1560. The second kappa shape index (κ2) is 7.89. The van der Waals surface area contributed by atoms with E-state index in [9.17, 15) is 33.8 Å². The maximum atomic E-state index is 13.3. The van der Waals surface area contributed by atoms with Crippen LogP contribution in [-0.2, 0) is 4.79 Å². The normalized spacial score (nSPS) is 19.1. The van der Waals surface area contributed by atoms with Crippen LogP contribution >= 0.6 is 21.6 Å². The number of nitrogens with zero attached hydrogens (tertiary/aromatic N) is 3. The molecule has 1 saturated heterocycles. The monoisotopic (exact) mass is 573 g/mol. The Morgan fingerprint density at radius 3 is 2.61 bits per heavy atom. The Balaban J connectivity index is 1.50. The Kier molecular flexibility index (Phi) is 5.38. The summed E-state index contributed by atoms with van der Waals surface area (Å²) in [5.41, 5.74) is 0.176. The van der Waals surface area contributed by atoms with Crippen LogP contribution in [0.1, 0.15) is 21.7 Å². The highest BCUT2D eigenvalue weighted by molar-refractivity contribution is 8.45. The van der Waals surface area contributed by atoms with Crippen LogP contribution in [-0.4, -0.2) is 46.9 Å². The van der Waals surface area contributed by atoms with Crippen LogP contribution in [0.15, 0.2) is 48.0 Å². The van der Waals surface area contributed by atoms with Crippen molar-refractivity contribution in [1.29, 1.82) is 0 Å². The molecule has 0 spiro atoms. The summed E-state index contributed by atoms with van der Waals surface area (Å²) >= 11 is 1.01. The van der Waals surface area contributed by atoms with E-state index in [1.54, 1.807) is 4.90 Å². The lowest BCUT2D eigenvalue weighted by molar-refractivity contribution is -0.125. The smallest absolute Gasteiger partial charge is 0.331 e. The lowest BCUT2D eigenvalue weighted by atomic mass is 10.1. The lowest BCUT2D eigenvalue weighted by Gasteiger charge is -2.41. The molecule has 4 heterocycles. The van der Waals surface area contributed by atoms with Crippen LogP contribution < -0.4 is 15.5 Å². The van der Waals surface area contributed by atoms with Crippen LogP contribution in [0, 0.1) is 6.92 Å². The van der Waals surface area contributed by atoms with Crippen LogP contribution in [0.3, 0.4) is 0 Å². The molecule has 0 aliphatic carbocycles. The third kappa shape index (κ3) is 4.45. The van der Waals surface area contributed by atoms with Crippen LogP contribution in [0.25, 0.3) is 10.2 Å². The molecule has 0 radical (unpaired) electrons. The van der Waals surface area contributed by atoms with E-state index in [0.717, 1.165) is 22.3 Å². The van der Waals surface area contributed by atoms with Gasteiger partial charge in [0.25, 0.3) is 5.91 Å². The summed E-state index contributed by atoms with van der Waals surface area (Å²) in [6.45, 7) is 5.40. The predicted octanol–water partition coefficient (Wildman–Crippen LogP) is 6.46. The number of benzene rings is 1. The maximum absolute atomic E-state index is 13.3. The number of likely N-dealkylation sites (tertiary alicyclic amines) is 1. The van der Waals surface area contributed by atoms with Crippen molar-refractivity contribution in [3.63, 3.8) is 0 Å². The minimum absolute atomic E-state index is 0.0404. The fourth-order valence-electron chi connectivity index (χ4n) is 4.56. The van der Waals surface area contributed by atoms with Gasteiger partial charge in [-0.3, -0.25) is 14.5 Å². The molecule has 2 N–H and O–H groups in total. The molecule has 1 aromatic carbocycles. The van der Waals surface area contributed by atoms with Gasteiger partial charge in [-0.2, -0.15) is 0 Å². The number of rotatable bonds is 5. The summed E-state index contributed by atoms with van der Waals surface area (Å²) < 4.78 is 66.5. The van der Waals surface area contributed by atoms with Gasteiger partial charge in [0.15, 0.2) is 0 Å². The minimum atomic E-state index is -9.92. The Morgan fingerprint density at radius 1 is 1.21 bits per heavy atom. The number of aryl methyl sites for hydroxylation is 1. The van der Waals surface area contributed by atoms with Gasteiger partial charge in [0.1, 0.15) is 14.6 Å². The molecule has 0 bridgehead atoms. The molecule has 0 saturated carbocycles. The summed E-state index contributed by atoms with van der Waals surface area (Å²) in [6, 6.07) is 1.72.